The molecule has 0 aromatic heterocycles. The van der Waals surface area contributed by atoms with Gasteiger partial charge in [-0.2, -0.15) is 0 Å². The van der Waals surface area contributed by atoms with Gasteiger partial charge in [-0.05, 0) is 30.7 Å². The Morgan fingerprint density at radius 3 is 2.66 bits per heavy atom. The topological polar surface area (TPSA) is 53.1 Å². The van der Waals surface area contributed by atoms with Gasteiger partial charge in [0, 0.05) is 24.3 Å². The largest absolute Gasteiger partial charge is 0.379 e. The van der Waals surface area contributed by atoms with E-state index in [0.717, 1.165) is 35.6 Å². The molecule has 1 atom stereocenters. The van der Waals surface area contributed by atoms with E-state index in [0.29, 0.717) is 25.6 Å². The van der Waals surface area contributed by atoms with Crippen LogP contribution in [0.25, 0.3) is 0 Å². The minimum Gasteiger partial charge on any atom is -0.379 e. The summed E-state index contributed by atoms with van der Waals surface area (Å²) in [5.74, 6) is 0.221. The van der Waals surface area contributed by atoms with E-state index in [1.165, 1.54) is 11.8 Å². The highest BCUT2D eigenvalue weighted by atomic mass is 32.2. The molecule has 0 aliphatic carbocycles. The van der Waals surface area contributed by atoms with Crippen LogP contribution in [0, 0.1) is 6.92 Å². The van der Waals surface area contributed by atoms with Crippen molar-refractivity contribution in [1.82, 2.24) is 4.90 Å². The molecule has 3 aliphatic heterocycles. The highest BCUT2D eigenvalue weighted by Gasteiger charge is 2.61. The van der Waals surface area contributed by atoms with Crippen molar-refractivity contribution in [1.29, 1.82) is 0 Å². The first-order valence-electron chi connectivity index (χ1n) is 9.86. The molecule has 0 bridgehead atoms. The van der Waals surface area contributed by atoms with Crippen LogP contribution in [0.2, 0.25) is 0 Å². The molecule has 2 aromatic carbocycles. The molecular formula is C22H23N3O3S. The lowest BCUT2D eigenvalue weighted by Crippen LogP contribution is -2.52. The number of aryl methyl sites for hydroxylation is 1. The lowest BCUT2D eigenvalue weighted by atomic mass is 10.0. The second-order valence-corrected chi connectivity index (χ2v) is 8.79. The molecule has 3 aliphatic rings. The number of carbonyl (C=O) groups is 2. The van der Waals surface area contributed by atoms with Crippen molar-refractivity contribution >= 4 is 35.0 Å². The van der Waals surface area contributed by atoms with Crippen LogP contribution in [0.3, 0.4) is 0 Å². The molecule has 2 aromatic rings. The zero-order valence-electron chi connectivity index (χ0n) is 16.3. The van der Waals surface area contributed by atoms with Crippen LogP contribution in [0.4, 0.5) is 11.4 Å². The summed E-state index contributed by atoms with van der Waals surface area (Å²) in [6.07, 6.45) is 0. The van der Waals surface area contributed by atoms with Crippen molar-refractivity contribution in [2.24, 2.45) is 0 Å². The maximum Gasteiger partial charge on any atom is 0.269 e. The van der Waals surface area contributed by atoms with Gasteiger partial charge in [0.1, 0.15) is 0 Å². The van der Waals surface area contributed by atoms with E-state index in [1.54, 1.807) is 4.90 Å². The van der Waals surface area contributed by atoms with Gasteiger partial charge in [0.15, 0.2) is 0 Å². The van der Waals surface area contributed by atoms with E-state index < -0.39 is 4.87 Å². The molecule has 1 spiro atoms. The highest BCUT2D eigenvalue weighted by Crippen LogP contribution is 2.55. The van der Waals surface area contributed by atoms with E-state index >= 15 is 0 Å². The molecule has 29 heavy (non-hydrogen) atoms. The fourth-order valence-corrected chi connectivity index (χ4v) is 5.76. The third-order valence-electron chi connectivity index (χ3n) is 5.77. The number of ether oxygens (including phenoxy) is 1. The summed E-state index contributed by atoms with van der Waals surface area (Å²) in [4.78, 5) is 31.7. The number of nitrogens with zero attached hydrogens (tertiary/aromatic N) is 3. The molecule has 0 unspecified atom stereocenters. The standard InChI is InChI=1S/C22H23N3O3S/c1-16-5-4-6-17(13-16)25-20(26)14-29-22(25)18-7-2-3-8-19(18)24(21(22)27)15-23-9-11-28-12-10-23/h2-8,13H,9-12,14-15H2,1H3/t22-/m1/s1. The number of amides is 2. The molecule has 150 valence electrons. The first-order chi connectivity index (χ1) is 14.1. The predicted octanol–water partition coefficient (Wildman–Crippen LogP) is 2.56. The van der Waals surface area contributed by atoms with Crippen LogP contribution >= 0.6 is 11.8 Å². The van der Waals surface area contributed by atoms with E-state index in [9.17, 15) is 9.59 Å². The van der Waals surface area contributed by atoms with E-state index in [2.05, 4.69) is 4.90 Å². The molecular weight excluding hydrogens is 386 g/mol. The zero-order chi connectivity index (χ0) is 20.0. The maximum absolute atomic E-state index is 13.9. The van der Waals surface area contributed by atoms with Gasteiger partial charge in [-0.25, -0.2) is 0 Å². The number of morpholine rings is 1. The number of para-hydroxylation sites is 1. The quantitative estimate of drug-likeness (QED) is 0.780. The second-order valence-electron chi connectivity index (χ2n) is 7.62. The van der Waals surface area contributed by atoms with Crippen LogP contribution < -0.4 is 9.80 Å². The highest BCUT2D eigenvalue weighted by molar-refractivity contribution is 8.02. The molecule has 2 fully saturated rings. The van der Waals surface area contributed by atoms with Crippen molar-refractivity contribution in [3.05, 3.63) is 59.7 Å². The van der Waals surface area contributed by atoms with Gasteiger partial charge in [-0.3, -0.25) is 24.3 Å². The van der Waals surface area contributed by atoms with E-state index in [-0.39, 0.29) is 11.8 Å². The smallest absolute Gasteiger partial charge is 0.269 e. The Morgan fingerprint density at radius 2 is 1.86 bits per heavy atom. The summed E-state index contributed by atoms with van der Waals surface area (Å²) >= 11 is 1.43. The first-order valence-corrected chi connectivity index (χ1v) is 10.8. The van der Waals surface area contributed by atoms with Gasteiger partial charge in [-0.15, -0.1) is 11.8 Å². The summed E-state index contributed by atoms with van der Waals surface area (Å²) in [6, 6.07) is 15.7. The Kier molecular flexibility index (Phi) is 4.61. The lowest BCUT2D eigenvalue weighted by Gasteiger charge is -2.35. The molecule has 0 radical (unpaired) electrons. The normalized spacial score (nSPS) is 24.6. The number of anilines is 2. The van der Waals surface area contributed by atoms with Crippen LogP contribution in [0.5, 0.6) is 0 Å². The second kappa shape index (κ2) is 7.16. The fraction of sp³-hybridized carbons (Fsp3) is 0.364. The Morgan fingerprint density at radius 1 is 1.07 bits per heavy atom. The van der Waals surface area contributed by atoms with Gasteiger partial charge in [0.2, 0.25) is 10.8 Å². The summed E-state index contributed by atoms with van der Waals surface area (Å²) in [5.41, 5.74) is 3.63. The Labute approximate surface area is 174 Å². The fourth-order valence-electron chi connectivity index (χ4n) is 4.41. The lowest BCUT2D eigenvalue weighted by molar-refractivity contribution is -0.124. The summed E-state index contributed by atoms with van der Waals surface area (Å²) in [5, 5.41) is 0. The van der Waals surface area contributed by atoms with Gasteiger partial charge in [0.05, 0.1) is 31.3 Å². The monoisotopic (exact) mass is 409 g/mol. The average molecular weight is 410 g/mol. The molecule has 6 nitrogen and oxygen atoms in total. The Bertz CT molecular complexity index is 975. The molecule has 7 heteroatoms. The number of hydrogen-bond donors (Lipinski definition) is 0. The number of carbonyl (C=O) groups excluding carboxylic acids is 2. The SMILES string of the molecule is Cc1cccc(N2C(=O)CS[C@]23C(=O)N(CN2CCOCC2)c2ccccc23)c1. The van der Waals surface area contributed by atoms with E-state index in [1.807, 2.05) is 60.4 Å². The Balaban J connectivity index is 1.60. The van der Waals surface area contributed by atoms with Gasteiger partial charge in [0.25, 0.3) is 5.91 Å². The minimum atomic E-state index is -1.03. The molecule has 2 amide bonds. The predicted molar refractivity (Wildman–Crippen MR) is 114 cm³/mol. The average Bonchev–Trinajstić information content (AvgIpc) is 3.20. The molecule has 0 N–H and O–H groups in total. The van der Waals surface area contributed by atoms with Gasteiger partial charge < -0.3 is 4.74 Å². The van der Waals surface area contributed by atoms with Gasteiger partial charge >= 0.3 is 0 Å². The van der Waals surface area contributed by atoms with Crippen molar-refractivity contribution in [2.45, 2.75) is 11.8 Å². The van der Waals surface area contributed by atoms with Crippen molar-refractivity contribution in [3.63, 3.8) is 0 Å². The van der Waals surface area contributed by atoms with Crippen LogP contribution in [0.1, 0.15) is 11.1 Å². The summed E-state index contributed by atoms with van der Waals surface area (Å²) in [7, 11) is 0. The molecule has 2 saturated heterocycles. The third-order valence-corrected chi connectivity index (χ3v) is 7.15. The summed E-state index contributed by atoms with van der Waals surface area (Å²) < 4.78 is 5.45. The number of rotatable bonds is 3. The maximum atomic E-state index is 13.9. The number of hydrogen-bond acceptors (Lipinski definition) is 5. The van der Waals surface area contributed by atoms with Crippen LogP contribution in [0.15, 0.2) is 48.5 Å². The summed E-state index contributed by atoms with van der Waals surface area (Å²) in [6.45, 7) is 5.46. The zero-order valence-corrected chi connectivity index (χ0v) is 17.2. The molecule has 0 saturated carbocycles. The third kappa shape index (κ3) is 2.87. The molecule has 3 heterocycles. The number of thioether (sulfide) groups is 1. The van der Waals surface area contributed by atoms with E-state index in [4.69, 9.17) is 4.74 Å². The van der Waals surface area contributed by atoms with Crippen molar-refractivity contribution in [2.75, 3.05) is 48.5 Å². The van der Waals surface area contributed by atoms with Gasteiger partial charge in [-0.1, -0.05) is 30.3 Å². The van der Waals surface area contributed by atoms with Crippen molar-refractivity contribution < 1.29 is 14.3 Å². The number of benzene rings is 2. The molecule has 5 rings (SSSR count). The minimum absolute atomic E-state index is 0.0306. The number of fused-ring (bicyclic) bond motifs is 2. The first kappa shape index (κ1) is 18.7. The van der Waals surface area contributed by atoms with Crippen LogP contribution in [-0.4, -0.2) is 55.4 Å². The van der Waals surface area contributed by atoms with Crippen molar-refractivity contribution in [3.8, 4) is 0 Å². The van der Waals surface area contributed by atoms with Crippen LogP contribution in [-0.2, 0) is 19.2 Å². The Hall–Kier alpha value is -2.35.